The van der Waals surface area contributed by atoms with Crippen molar-refractivity contribution in [1.82, 2.24) is 0 Å². The molecule has 0 rings (SSSR count). The summed E-state index contributed by atoms with van der Waals surface area (Å²) in [6, 6.07) is 0. The number of alkyl halides is 16. The predicted molar refractivity (Wildman–Crippen MR) is 69.7 cm³/mol. The van der Waals surface area contributed by atoms with E-state index in [1.807, 2.05) is 0 Å². The van der Waals surface area contributed by atoms with Crippen molar-refractivity contribution in [3.05, 3.63) is 0 Å². The molecule has 0 spiro atoms. The summed E-state index contributed by atoms with van der Waals surface area (Å²) < 4.78 is 211. The molecule has 0 saturated carbocycles. The van der Waals surface area contributed by atoms with E-state index >= 15 is 0 Å². The van der Waals surface area contributed by atoms with Gasteiger partial charge in [-0.2, -0.15) is 78.5 Å². The van der Waals surface area contributed by atoms with E-state index in [2.05, 4.69) is 12.6 Å². The number of hydrogen-bond acceptors (Lipinski definition) is 2. The molecule has 18 heteroatoms. The molecule has 0 aromatic rings. The third kappa shape index (κ3) is 3.90. The lowest BCUT2D eigenvalue weighted by molar-refractivity contribution is -0.446. The topological polar surface area (TPSA) is 20.2 Å². The van der Waals surface area contributed by atoms with Crippen LogP contribution in [0.15, 0.2) is 0 Å². The lowest BCUT2D eigenvalue weighted by Gasteiger charge is -2.44. The zero-order valence-electron chi connectivity index (χ0n) is 13.9. The van der Waals surface area contributed by atoms with E-state index in [0.29, 0.717) is 0 Å². The van der Waals surface area contributed by atoms with Crippen molar-refractivity contribution in [1.29, 1.82) is 0 Å². The molecule has 0 fully saturated rings. The molecule has 1 N–H and O–H groups in total. The minimum Gasteiger partial charge on any atom is -0.392 e. The Balaban J connectivity index is 6.62. The van der Waals surface area contributed by atoms with E-state index in [0.717, 1.165) is 0 Å². The number of thiol groups is 1. The van der Waals surface area contributed by atoms with Crippen LogP contribution in [0.2, 0.25) is 0 Å². The fraction of sp³-hybridized carbons (Fsp3) is 1.00. The molecule has 2 atom stereocenters. The number of aliphatic hydroxyl groups excluding tert-OH is 1. The normalized spacial score (nSPS) is 18.9. The van der Waals surface area contributed by atoms with Crippen LogP contribution >= 0.6 is 12.6 Å². The zero-order chi connectivity index (χ0) is 25.0. The average Bonchev–Trinajstić information content (AvgIpc) is 2.51. The van der Waals surface area contributed by atoms with Gasteiger partial charge < -0.3 is 5.11 Å². The van der Waals surface area contributed by atoms with Crippen molar-refractivity contribution in [3.63, 3.8) is 0 Å². The first-order chi connectivity index (χ1) is 12.7. The van der Waals surface area contributed by atoms with Crippen LogP contribution in [0.4, 0.5) is 70.2 Å². The Kier molecular flexibility index (Phi) is 7.44. The maximum absolute atomic E-state index is 13.4. The van der Waals surface area contributed by atoms with Crippen molar-refractivity contribution in [2.24, 2.45) is 0 Å². The van der Waals surface area contributed by atoms with Gasteiger partial charge in [-0.15, -0.1) is 0 Å². The van der Waals surface area contributed by atoms with Gasteiger partial charge in [-0.3, -0.25) is 0 Å². The maximum Gasteiger partial charge on any atom is 0.428 e. The van der Waals surface area contributed by atoms with Gasteiger partial charge in [0, 0.05) is 12.2 Å². The summed E-state index contributed by atoms with van der Waals surface area (Å²) >= 11 is 3.06. The van der Waals surface area contributed by atoms with Gasteiger partial charge in [-0.1, -0.05) is 0 Å². The van der Waals surface area contributed by atoms with Gasteiger partial charge in [0.1, 0.15) is 0 Å². The van der Waals surface area contributed by atoms with Gasteiger partial charge in [0.2, 0.25) is 0 Å². The molecule has 30 heavy (non-hydrogen) atoms. The molecule has 2 unspecified atom stereocenters. The third-order valence-electron chi connectivity index (χ3n) is 3.86. The lowest BCUT2D eigenvalue weighted by Crippen LogP contribution is -2.74. The smallest absolute Gasteiger partial charge is 0.392 e. The van der Waals surface area contributed by atoms with Crippen LogP contribution in [0.1, 0.15) is 13.3 Å². The lowest BCUT2D eigenvalue weighted by atomic mass is 9.84. The Hall–Kier alpha value is -0.810. The fourth-order valence-electron chi connectivity index (χ4n) is 1.78. The van der Waals surface area contributed by atoms with Gasteiger partial charge >= 0.3 is 41.7 Å². The minimum atomic E-state index is -8.36. The van der Waals surface area contributed by atoms with Crippen molar-refractivity contribution in [2.45, 2.75) is 66.8 Å². The molecule has 0 heterocycles. The van der Waals surface area contributed by atoms with Crippen LogP contribution in [0.3, 0.4) is 0 Å². The Morgan fingerprint density at radius 1 is 0.600 bits per heavy atom. The number of aliphatic hydroxyl groups is 1. The monoisotopic (exact) mass is 506 g/mol. The summed E-state index contributed by atoms with van der Waals surface area (Å²) in [5.41, 5.74) is -6.69. The highest BCUT2D eigenvalue weighted by atomic mass is 32.1. The zero-order valence-corrected chi connectivity index (χ0v) is 14.8. The predicted octanol–water partition coefficient (Wildman–Crippen LogP) is 5.77. The molecule has 0 radical (unpaired) electrons. The van der Waals surface area contributed by atoms with Gasteiger partial charge in [0.15, 0.2) is 0 Å². The molecular weight excluding hydrogens is 496 g/mol. The highest BCUT2D eigenvalue weighted by molar-refractivity contribution is 7.80. The van der Waals surface area contributed by atoms with Crippen molar-refractivity contribution >= 4 is 12.6 Å². The first kappa shape index (κ1) is 29.2. The van der Waals surface area contributed by atoms with Gasteiger partial charge in [0.25, 0.3) is 5.67 Å². The standard InChI is InChI=1S/C12H10F16OS/c1-5(13,12(26,27)28)7(16,17)9(20,21)11(24,25)10(22,23)8(18,19)6(14,15)2-4(29)3-30/h4,29-30H,2-3H2,1H3. The summed E-state index contributed by atoms with van der Waals surface area (Å²) in [6.45, 7) is -1.48. The van der Waals surface area contributed by atoms with E-state index in [-0.39, 0.29) is 0 Å². The molecule has 0 aromatic carbocycles. The van der Waals surface area contributed by atoms with Gasteiger partial charge in [0.05, 0.1) is 6.10 Å². The Bertz CT molecular complexity index is 610. The second-order valence-corrected chi connectivity index (χ2v) is 6.48. The highest BCUT2D eigenvalue weighted by Crippen LogP contribution is 2.63. The molecule has 0 saturated heterocycles. The third-order valence-corrected chi connectivity index (χ3v) is 4.28. The van der Waals surface area contributed by atoms with Crippen LogP contribution in [0.5, 0.6) is 0 Å². The van der Waals surface area contributed by atoms with E-state index < -0.39 is 72.6 Å². The molecule has 1 nitrogen and oxygen atoms in total. The summed E-state index contributed by atoms with van der Waals surface area (Å²) in [6.07, 6.45) is -12.7. The van der Waals surface area contributed by atoms with Gasteiger partial charge in [-0.25, -0.2) is 4.39 Å². The molecule has 0 bridgehead atoms. The molecule has 182 valence electrons. The van der Waals surface area contributed by atoms with E-state index in [1.54, 1.807) is 0 Å². The summed E-state index contributed by atoms with van der Waals surface area (Å²) in [5.74, 6) is -48.0. The quantitative estimate of drug-likeness (QED) is 0.301. The largest absolute Gasteiger partial charge is 0.428 e. The maximum atomic E-state index is 13.4. The first-order valence-corrected chi connectivity index (χ1v) is 7.65. The molecule has 0 aromatic heterocycles. The fourth-order valence-corrected chi connectivity index (χ4v) is 1.91. The Morgan fingerprint density at radius 3 is 1.20 bits per heavy atom. The summed E-state index contributed by atoms with van der Waals surface area (Å²) in [5, 5.41) is 8.75. The van der Waals surface area contributed by atoms with Crippen LogP contribution in [0, 0.1) is 0 Å². The number of hydrogen-bond donors (Lipinski definition) is 2. The molecular formula is C12H10F16OS. The molecule has 0 aliphatic rings. The molecule has 0 aliphatic carbocycles. The molecule has 0 aliphatic heterocycles. The Morgan fingerprint density at radius 2 is 0.900 bits per heavy atom. The van der Waals surface area contributed by atoms with Crippen molar-refractivity contribution in [3.8, 4) is 0 Å². The van der Waals surface area contributed by atoms with Crippen LogP contribution < -0.4 is 0 Å². The molecule has 0 amide bonds. The summed E-state index contributed by atoms with van der Waals surface area (Å²) in [7, 11) is 0. The SMILES string of the molecule is CC(F)(C(F)(F)F)C(F)(F)C(F)(F)C(F)(F)C(F)(F)C(F)(F)C(F)(F)CC(O)CS. The van der Waals surface area contributed by atoms with Crippen LogP contribution in [-0.2, 0) is 0 Å². The second kappa shape index (κ2) is 7.65. The van der Waals surface area contributed by atoms with E-state index in [4.69, 9.17) is 5.11 Å². The number of rotatable bonds is 9. The average molecular weight is 506 g/mol. The van der Waals surface area contributed by atoms with Crippen molar-refractivity contribution < 1.29 is 75.4 Å². The van der Waals surface area contributed by atoms with E-state index in [9.17, 15) is 70.2 Å². The highest BCUT2D eigenvalue weighted by Gasteiger charge is 2.93. The second-order valence-electron chi connectivity index (χ2n) is 6.12. The Labute approximate surface area is 161 Å². The first-order valence-electron chi connectivity index (χ1n) is 7.02. The van der Waals surface area contributed by atoms with Crippen molar-refractivity contribution in [2.75, 3.05) is 5.75 Å². The van der Waals surface area contributed by atoms with Gasteiger partial charge in [-0.05, 0) is 6.92 Å². The number of halogens is 16. The van der Waals surface area contributed by atoms with Crippen LogP contribution in [-0.4, -0.2) is 64.3 Å². The summed E-state index contributed by atoms with van der Waals surface area (Å²) in [4.78, 5) is 0. The minimum absolute atomic E-state index is 1.17. The van der Waals surface area contributed by atoms with E-state index in [1.165, 1.54) is 0 Å². The van der Waals surface area contributed by atoms with Crippen LogP contribution in [0.25, 0.3) is 0 Å².